The van der Waals surface area contributed by atoms with E-state index in [0.717, 1.165) is 23.8 Å². The van der Waals surface area contributed by atoms with Crippen LogP contribution in [-0.4, -0.2) is 31.1 Å². The highest BCUT2D eigenvalue weighted by atomic mass is 35.5. The fourth-order valence-corrected chi connectivity index (χ4v) is 2.69. The summed E-state index contributed by atoms with van der Waals surface area (Å²) in [4.78, 5) is 4.77. The van der Waals surface area contributed by atoms with E-state index in [0.29, 0.717) is 0 Å². The van der Waals surface area contributed by atoms with Gasteiger partial charge >= 0.3 is 0 Å². The molecule has 0 aromatic heterocycles. The molecule has 1 aromatic rings. The lowest BCUT2D eigenvalue weighted by Crippen LogP contribution is -2.31. The van der Waals surface area contributed by atoms with E-state index in [2.05, 4.69) is 15.1 Å². The van der Waals surface area contributed by atoms with Gasteiger partial charge in [-0.15, -0.1) is 0 Å². The van der Waals surface area contributed by atoms with Gasteiger partial charge in [-0.1, -0.05) is 11.6 Å². The molecule has 0 spiro atoms. The van der Waals surface area contributed by atoms with Gasteiger partial charge in [0.1, 0.15) is 6.67 Å². The number of benzene rings is 1. The Hall–Kier alpha value is -0.930. The first-order valence-corrected chi connectivity index (χ1v) is 6.59. The first-order valence-electron chi connectivity index (χ1n) is 6.21. The van der Waals surface area contributed by atoms with Crippen LogP contribution in [0.5, 0.6) is 0 Å². The molecule has 1 saturated heterocycles. The van der Waals surface area contributed by atoms with Gasteiger partial charge in [-0.25, -0.2) is 0 Å². The van der Waals surface area contributed by atoms with Crippen molar-refractivity contribution in [3.8, 4) is 0 Å². The van der Waals surface area contributed by atoms with Crippen molar-refractivity contribution < 1.29 is 0 Å². The second-order valence-corrected chi connectivity index (χ2v) is 5.11. The third kappa shape index (κ3) is 2.35. The Morgan fingerprint density at radius 1 is 1.18 bits per heavy atom. The van der Waals surface area contributed by atoms with Crippen LogP contribution in [0.25, 0.3) is 0 Å². The predicted molar refractivity (Wildman–Crippen MR) is 72.4 cm³/mol. The first-order chi connectivity index (χ1) is 8.33. The van der Waals surface area contributed by atoms with Crippen molar-refractivity contribution in [3.05, 3.63) is 29.9 Å². The van der Waals surface area contributed by atoms with Crippen LogP contribution in [0.2, 0.25) is 5.02 Å². The van der Waals surface area contributed by atoms with Crippen LogP contribution < -0.4 is 10.2 Å². The van der Waals surface area contributed by atoms with Crippen molar-refractivity contribution >= 4 is 23.0 Å². The van der Waals surface area contributed by atoms with Crippen molar-refractivity contribution in [2.45, 2.75) is 12.8 Å². The van der Waals surface area contributed by atoms with E-state index in [1.165, 1.54) is 31.6 Å². The molecule has 3 nitrogen and oxygen atoms in total. The molecule has 1 N–H and O–H groups in total. The molecule has 17 heavy (non-hydrogen) atoms. The summed E-state index contributed by atoms with van der Waals surface area (Å²) in [6.45, 7) is 6.70. The molecule has 3 rings (SSSR count). The molecule has 0 unspecified atom stereocenters. The maximum atomic E-state index is 6.04. The third-order valence-corrected chi connectivity index (χ3v) is 3.74. The monoisotopic (exact) mass is 250 g/mol. The van der Waals surface area contributed by atoms with Gasteiger partial charge in [0.15, 0.2) is 0 Å². The number of anilines is 2. The maximum Gasteiger partial charge on any atom is 0.139 e. The Labute approximate surface area is 107 Å². The Morgan fingerprint density at radius 3 is 2.82 bits per heavy atom. The zero-order valence-electron chi connectivity index (χ0n) is 9.82. The van der Waals surface area contributed by atoms with E-state index in [4.69, 9.17) is 11.6 Å². The molecule has 1 fully saturated rings. The summed E-state index contributed by atoms with van der Waals surface area (Å²) in [6.07, 6.45) is 2.70. The highest BCUT2D eigenvalue weighted by Gasteiger charge is 2.20. The van der Waals surface area contributed by atoms with Gasteiger partial charge < -0.3 is 15.1 Å². The fourth-order valence-electron chi connectivity index (χ4n) is 2.52. The lowest BCUT2D eigenvalue weighted by atomic mass is 10.2. The number of fused-ring (bicyclic) bond motifs is 1. The first kappa shape index (κ1) is 11.2. The molecule has 2 heterocycles. The molecule has 1 radical (unpaired) electrons. The van der Waals surface area contributed by atoms with Crippen molar-refractivity contribution in [1.29, 1.82) is 0 Å². The van der Waals surface area contributed by atoms with Gasteiger partial charge in [-0.2, -0.15) is 0 Å². The second kappa shape index (κ2) is 4.75. The molecule has 4 heteroatoms. The van der Waals surface area contributed by atoms with E-state index in [-0.39, 0.29) is 0 Å². The Balaban J connectivity index is 1.64. The zero-order valence-corrected chi connectivity index (χ0v) is 10.6. The smallest absolute Gasteiger partial charge is 0.139 e. The van der Waals surface area contributed by atoms with E-state index >= 15 is 0 Å². The highest BCUT2D eigenvalue weighted by Crippen LogP contribution is 2.34. The molecular formula is C13H17ClN3. The van der Waals surface area contributed by atoms with Gasteiger partial charge in [-0.3, -0.25) is 0 Å². The molecule has 2 aliphatic heterocycles. The number of hydrogen-bond donors (Lipinski definition) is 1. The maximum absolute atomic E-state index is 6.04. The average Bonchev–Trinajstić information content (AvgIpc) is 2.94. The summed E-state index contributed by atoms with van der Waals surface area (Å²) in [5.74, 6) is 0. The van der Waals surface area contributed by atoms with Gasteiger partial charge in [0.2, 0.25) is 0 Å². The van der Waals surface area contributed by atoms with Crippen molar-refractivity contribution in [2.24, 2.45) is 0 Å². The van der Waals surface area contributed by atoms with Crippen molar-refractivity contribution in [1.82, 2.24) is 4.90 Å². The van der Waals surface area contributed by atoms with Crippen LogP contribution in [-0.2, 0) is 0 Å². The number of nitrogens with zero attached hydrogens (tertiary/aromatic N) is 2. The highest BCUT2D eigenvalue weighted by molar-refractivity contribution is 6.31. The van der Waals surface area contributed by atoms with Crippen LogP contribution >= 0.6 is 11.6 Å². The summed E-state index contributed by atoms with van der Waals surface area (Å²) < 4.78 is 0. The quantitative estimate of drug-likeness (QED) is 0.890. The number of rotatable bonds is 3. The largest absolute Gasteiger partial charge is 0.360 e. The summed E-state index contributed by atoms with van der Waals surface area (Å²) in [5.41, 5.74) is 2.34. The van der Waals surface area contributed by atoms with Crippen LogP contribution in [0, 0.1) is 6.67 Å². The van der Waals surface area contributed by atoms with Crippen molar-refractivity contribution in [2.75, 3.05) is 36.4 Å². The average molecular weight is 251 g/mol. The topological polar surface area (TPSA) is 18.5 Å². The lowest BCUT2D eigenvalue weighted by Gasteiger charge is -2.21. The number of likely N-dealkylation sites (tertiary alicyclic amines) is 1. The van der Waals surface area contributed by atoms with E-state index in [9.17, 15) is 0 Å². The zero-order chi connectivity index (χ0) is 11.7. The predicted octanol–water partition coefficient (Wildman–Crippen LogP) is 2.79. The van der Waals surface area contributed by atoms with E-state index in [1.54, 1.807) is 0 Å². The molecule has 0 aliphatic carbocycles. The van der Waals surface area contributed by atoms with Gasteiger partial charge in [0.25, 0.3) is 0 Å². The fraction of sp³-hybridized carbons (Fsp3) is 0.462. The Kier molecular flexibility index (Phi) is 3.12. The molecule has 0 saturated carbocycles. The van der Waals surface area contributed by atoms with Gasteiger partial charge in [0, 0.05) is 18.1 Å². The third-order valence-electron chi connectivity index (χ3n) is 3.50. The Bertz CT molecular complexity index is 402. The summed E-state index contributed by atoms with van der Waals surface area (Å²) in [7, 11) is 0. The van der Waals surface area contributed by atoms with Gasteiger partial charge in [0.05, 0.1) is 11.4 Å². The van der Waals surface area contributed by atoms with Crippen LogP contribution in [0.4, 0.5) is 11.4 Å². The number of halogens is 1. The molecule has 0 atom stereocenters. The van der Waals surface area contributed by atoms with Crippen LogP contribution in [0.3, 0.4) is 0 Å². The lowest BCUT2D eigenvalue weighted by molar-refractivity contribution is 0.347. The standard InChI is InChI=1S/C13H17ClN3/c14-11-3-4-12-13(9-11)17(10-15-12)8-7-16-5-1-2-6-16/h3-4,9-10,15H,1-2,5-8H2. The van der Waals surface area contributed by atoms with Crippen LogP contribution in [0.1, 0.15) is 12.8 Å². The summed E-state index contributed by atoms with van der Waals surface area (Å²) >= 11 is 6.04. The number of hydrogen-bond acceptors (Lipinski definition) is 3. The van der Waals surface area contributed by atoms with E-state index in [1.807, 2.05) is 24.9 Å². The number of nitrogens with one attached hydrogen (secondary N) is 1. The van der Waals surface area contributed by atoms with Gasteiger partial charge in [-0.05, 0) is 44.1 Å². The van der Waals surface area contributed by atoms with E-state index < -0.39 is 0 Å². The normalized spacial score (nSPS) is 19.5. The molecule has 0 bridgehead atoms. The second-order valence-electron chi connectivity index (χ2n) is 4.68. The molecule has 91 valence electrons. The minimum absolute atomic E-state index is 0.798. The minimum Gasteiger partial charge on any atom is -0.360 e. The molecular weight excluding hydrogens is 234 g/mol. The Morgan fingerprint density at radius 2 is 2.00 bits per heavy atom. The van der Waals surface area contributed by atoms with Crippen LogP contribution in [0.15, 0.2) is 18.2 Å². The van der Waals surface area contributed by atoms with Crippen molar-refractivity contribution in [3.63, 3.8) is 0 Å². The SMILES string of the molecule is Clc1ccc2c(c1)N(CCN1CCCC1)[CH]N2. The summed E-state index contributed by atoms with van der Waals surface area (Å²) in [6, 6.07) is 5.98. The summed E-state index contributed by atoms with van der Waals surface area (Å²) in [5, 5.41) is 4.07. The molecule has 0 amide bonds. The molecule has 2 aliphatic rings. The minimum atomic E-state index is 0.798. The molecule has 1 aromatic carbocycles.